The second kappa shape index (κ2) is 6.92. The molecule has 0 saturated carbocycles. The number of fused-ring (bicyclic) bond motifs is 1. The van der Waals surface area contributed by atoms with Crippen molar-refractivity contribution in [1.82, 2.24) is 5.32 Å². The topological polar surface area (TPSA) is 56.8 Å². The molecule has 0 fully saturated rings. The smallest absolute Gasteiger partial charge is 0.416 e. The van der Waals surface area contributed by atoms with Gasteiger partial charge in [-0.05, 0) is 42.5 Å². The Morgan fingerprint density at radius 3 is 2.52 bits per heavy atom. The minimum absolute atomic E-state index is 0.126. The molecule has 5 nitrogen and oxygen atoms in total. The van der Waals surface area contributed by atoms with Crippen LogP contribution in [0.2, 0.25) is 0 Å². The van der Waals surface area contributed by atoms with Gasteiger partial charge in [-0.15, -0.1) is 0 Å². The molecule has 1 N–H and O–H groups in total. The van der Waals surface area contributed by atoms with Crippen LogP contribution in [0, 0.1) is 0 Å². The number of benzene rings is 2. The fourth-order valence-electron chi connectivity index (χ4n) is 2.21. The summed E-state index contributed by atoms with van der Waals surface area (Å²) in [5, 5.41) is 2.66. The Morgan fingerprint density at radius 1 is 1.08 bits per heavy atom. The molecule has 0 spiro atoms. The zero-order valence-electron chi connectivity index (χ0n) is 12.9. The Morgan fingerprint density at radius 2 is 1.80 bits per heavy atom. The predicted molar refractivity (Wildman–Crippen MR) is 81.8 cm³/mol. The molecule has 3 rings (SSSR count). The fraction of sp³-hybridized carbons (Fsp3) is 0.235. The van der Waals surface area contributed by atoms with Crippen LogP contribution in [0.25, 0.3) is 0 Å². The second-order valence-electron chi connectivity index (χ2n) is 5.19. The largest absolute Gasteiger partial charge is 0.492 e. The summed E-state index contributed by atoms with van der Waals surface area (Å²) < 4.78 is 53.0. The van der Waals surface area contributed by atoms with Crippen LogP contribution < -0.4 is 19.5 Å². The van der Waals surface area contributed by atoms with Crippen LogP contribution in [0.5, 0.6) is 17.2 Å². The lowest BCUT2D eigenvalue weighted by Crippen LogP contribution is -2.28. The van der Waals surface area contributed by atoms with Crippen molar-refractivity contribution in [3.8, 4) is 17.2 Å². The first kappa shape index (κ1) is 16.9. The number of rotatable bonds is 5. The van der Waals surface area contributed by atoms with Crippen LogP contribution in [-0.2, 0) is 6.18 Å². The standard InChI is InChI=1S/C17H14F3NO4/c18-17(19,20)12-2-4-13(5-3-12)23-8-7-21-16(22)11-1-6-14-15(9-11)25-10-24-14/h1-6,9H,7-8,10H2,(H,21,22). The predicted octanol–water partition coefficient (Wildman–Crippen LogP) is 3.24. The van der Waals surface area contributed by atoms with Crippen molar-refractivity contribution >= 4 is 5.91 Å². The molecule has 0 atom stereocenters. The molecule has 2 aromatic carbocycles. The van der Waals surface area contributed by atoms with Gasteiger partial charge in [0.15, 0.2) is 11.5 Å². The molecule has 132 valence electrons. The molecule has 1 aliphatic heterocycles. The number of amides is 1. The highest BCUT2D eigenvalue weighted by atomic mass is 19.4. The summed E-state index contributed by atoms with van der Waals surface area (Å²) in [6.45, 7) is 0.456. The van der Waals surface area contributed by atoms with E-state index in [1.54, 1.807) is 18.2 Å². The molecule has 25 heavy (non-hydrogen) atoms. The molecule has 1 amide bonds. The Labute approximate surface area is 141 Å². The van der Waals surface area contributed by atoms with Gasteiger partial charge in [0.1, 0.15) is 12.4 Å². The molecular formula is C17H14F3NO4. The zero-order chi connectivity index (χ0) is 17.9. The average molecular weight is 353 g/mol. The van der Waals surface area contributed by atoms with Gasteiger partial charge < -0.3 is 19.5 Å². The quantitative estimate of drug-likeness (QED) is 0.839. The first-order valence-corrected chi connectivity index (χ1v) is 7.41. The Bertz CT molecular complexity index is 759. The lowest BCUT2D eigenvalue weighted by molar-refractivity contribution is -0.137. The zero-order valence-corrected chi connectivity index (χ0v) is 12.9. The minimum Gasteiger partial charge on any atom is -0.492 e. The van der Waals surface area contributed by atoms with Crippen LogP contribution in [0.1, 0.15) is 15.9 Å². The van der Waals surface area contributed by atoms with Crippen LogP contribution in [-0.4, -0.2) is 25.9 Å². The van der Waals surface area contributed by atoms with Crippen molar-refractivity contribution < 1.29 is 32.2 Å². The van der Waals surface area contributed by atoms with E-state index in [1.807, 2.05) is 0 Å². The number of alkyl halides is 3. The summed E-state index contributed by atoms with van der Waals surface area (Å²) in [6, 6.07) is 9.20. The van der Waals surface area contributed by atoms with E-state index in [1.165, 1.54) is 12.1 Å². The van der Waals surface area contributed by atoms with Gasteiger partial charge in [0, 0.05) is 5.56 Å². The molecule has 0 aromatic heterocycles. The molecule has 1 heterocycles. The third-order valence-electron chi connectivity index (χ3n) is 3.47. The highest BCUT2D eigenvalue weighted by Crippen LogP contribution is 2.32. The van der Waals surface area contributed by atoms with Crippen LogP contribution in [0.3, 0.4) is 0 Å². The lowest BCUT2D eigenvalue weighted by atomic mass is 10.2. The van der Waals surface area contributed by atoms with Gasteiger partial charge in [-0.3, -0.25) is 4.79 Å². The number of halogens is 3. The maximum absolute atomic E-state index is 12.5. The highest BCUT2D eigenvalue weighted by molar-refractivity contribution is 5.94. The van der Waals surface area contributed by atoms with E-state index >= 15 is 0 Å². The minimum atomic E-state index is -4.38. The first-order chi connectivity index (χ1) is 11.9. The van der Waals surface area contributed by atoms with Crippen molar-refractivity contribution in [3.63, 3.8) is 0 Å². The SMILES string of the molecule is O=C(NCCOc1ccc(C(F)(F)F)cc1)c1ccc2c(c1)OCO2. The number of carbonyl (C=O) groups is 1. The monoisotopic (exact) mass is 353 g/mol. The number of nitrogens with one attached hydrogen (secondary N) is 1. The van der Waals surface area contributed by atoms with Crippen molar-refractivity contribution in [1.29, 1.82) is 0 Å². The van der Waals surface area contributed by atoms with Gasteiger partial charge in [-0.2, -0.15) is 13.2 Å². The number of ether oxygens (including phenoxy) is 3. The number of carbonyl (C=O) groups excluding carboxylic acids is 1. The van der Waals surface area contributed by atoms with E-state index in [4.69, 9.17) is 14.2 Å². The first-order valence-electron chi connectivity index (χ1n) is 7.41. The van der Waals surface area contributed by atoms with Gasteiger partial charge in [0.25, 0.3) is 5.91 Å². The molecule has 0 unspecified atom stereocenters. The van der Waals surface area contributed by atoms with E-state index in [0.717, 1.165) is 12.1 Å². The summed E-state index contributed by atoms with van der Waals surface area (Å²) >= 11 is 0. The van der Waals surface area contributed by atoms with E-state index in [0.29, 0.717) is 22.8 Å². The maximum Gasteiger partial charge on any atom is 0.416 e. The van der Waals surface area contributed by atoms with E-state index in [2.05, 4.69) is 5.32 Å². The summed E-state index contributed by atoms with van der Waals surface area (Å²) in [4.78, 5) is 12.0. The van der Waals surface area contributed by atoms with Gasteiger partial charge in [0.2, 0.25) is 6.79 Å². The Kier molecular flexibility index (Phi) is 4.69. The van der Waals surface area contributed by atoms with E-state index < -0.39 is 11.7 Å². The molecule has 0 radical (unpaired) electrons. The third-order valence-corrected chi connectivity index (χ3v) is 3.47. The molecule has 2 aromatic rings. The van der Waals surface area contributed by atoms with Gasteiger partial charge >= 0.3 is 6.18 Å². The Hall–Kier alpha value is -2.90. The van der Waals surface area contributed by atoms with Gasteiger partial charge in [-0.25, -0.2) is 0 Å². The fourth-order valence-corrected chi connectivity index (χ4v) is 2.21. The normalized spacial score (nSPS) is 12.8. The molecule has 8 heteroatoms. The summed E-state index contributed by atoms with van der Waals surface area (Å²) in [5.41, 5.74) is -0.324. The van der Waals surface area contributed by atoms with Gasteiger partial charge in [0.05, 0.1) is 12.1 Å². The molecular weight excluding hydrogens is 339 g/mol. The average Bonchev–Trinajstić information content (AvgIpc) is 3.06. The highest BCUT2D eigenvalue weighted by Gasteiger charge is 2.30. The van der Waals surface area contributed by atoms with Gasteiger partial charge in [-0.1, -0.05) is 0 Å². The van der Waals surface area contributed by atoms with E-state index in [-0.39, 0.29) is 25.9 Å². The molecule has 0 bridgehead atoms. The van der Waals surface area contributed by atoms with Crippen LogP contribution in [0.15, 0.2) is 42.5 Å². The van der Waals surface area contributed by atoms with Crippen molar-refractivity contribution in [2.24, 2.45) is 0 Å². The summed E-state index contributed by atoms with van der Waals surface area (Å²) in [6.07, 6.45) is -4.38. The lowest BCUT2D eigenvalue weighted by Gasteiger charge is -2.10. The van der Waals surface area contributed by atoms with Crippen molar-refractivity contribution in [2.75, 3.05) is 19.9 Å². The molecule has 0 aliphatic carbocycles. The van der Waals surface area contributed by atoms with Crippen LogP contribution in [0.4, 0.5) is 13.2 Å². The summed E-state index contributed by atoms with van der Waals surface area (Å²) in [7, 11) is 0. The summed E-state index contributed by atoms with van der Waals surface area (Å²) in [5.74, 6) is 1.08. The van der Waals surface area contributed by atoms with Crippen molar-refractivity contribution in [2.45, 2.75) is 6.18 Å². The number of hydrogen-bond donors (Lipinski definition) is 1. The second-order valence-corrected chi connectivity index (χ2v) is 5.19. The third kappa shape index (κ3) is 4.14. The Balaban J connectivity index is 1.46. The van der Waals surface area contributed by atoms with Crippen LogP contribution >= 0.6 is 0 Å². The number of hydrogen-bond acceptors (Lipinski definition) is 4. The maximum atomic E-state index is 12.5. The van der Waals surface area contributed by atoms with E-state index in [9.17, 15) is 18.0 Å². The molecule has 0 saturated heterocycles. The molecule has 1 aliphatic rings. The van der Waals surface area contributed by atoms with Crippen molar-refractivity contribution in [3.05, 3.63) is 53.6 Å².